The minimum Gasteiger partial charge on any atom is -0.507 e. The van der Waals surface area contributed by atoms with E-state index in [2.05, 4.69) is 6.07 Å². The van der Waals surface area contributed by atoms with Gasteiger partial charge in [0.15, 0.2) is 0 Å². The lowest BCUT2D eigenvalue weighted by atomic mass is 9.82. The van der Waals surface area contributed by atoms with E-state index in [4.69, 9.17) is 5.26 Å². The number of rotatable bonds is 1. The van der Waals surface area contributed by atoms with E-state index < -0.39 is 5.41 Å². The maximum Gasteiger partial charge on any atom is 0.123 e. The van der Waals surface area contributed by atoms with Crippen LogP contribution in [0.1, 0.15) is 30.5 Å². The zero-order chi connectivity index (χ0) is 10.9. The maximum atomic E-state index is 9.89. The van der Waals surface area contributed by atoms with Gasteiger partial charge >= 0.3 is 0 Å². The molecule has 0 heterocycles. The summed E-state index contributed by atoms with van der Waals surface area (Å²) in [5.41, 5.74) is 1.87. The summed E-state index contributed by atoms with van der Waals surface area (Å²) in [6.45, 7) is 7.38. The summed E-state index contributed by atoms with van der Waals surface area (Å²) in [7, 11) is 0. The van der Waals surface area contributed by atoms with Crippen LogP contribution in [-0.2, 0) is 5.41 Å². The van der Waals surface area contributed by atoms with Crippen LogP contribution in [0.15, 0.2) is 12.1 Å². The van der Waals surface area contributed by atoms with Gasteiger partial charge in [-0.05, 0) is 38.8 Å². The van der Waals surface area contributed by atoms with Crippen LogP contribution in [0.25, 0.3) is 0 Å². The van der Waals surface area contributed by atoms with Crippen molar-refractivity contribution >= 4 is 0 Å². The average Bonchev–Trinajstić information content (AvgIpc) is 2.12. The molecule has 1 aromatic rings. The topological polar surface area (TPSA) is 44.0 Å². The van der Waals surface area contributed by atoms with Gasteiger partial charge in [-0.3, -0.25) is 0 Å². The van der Waals surface area contributed by atoms with Crippen molar-refractivity contribution in [3.63, 3.8) is 0 Å². The molecule has 0 aliphatic heterocycles. The monoisotopic (exact) mass is 189 g/mol. The molecule has 0 aliphatic rings. The minimum atomic E-state index is -0.639. The highest BCUT2D eigenvalue weighted by molar-refractivity contribution is 5.50. The molecular formula is C12H15NO. The summed E-state index contributed by atoms with van der Waals surface area (Å²) in [5.74, 6) is 0.247. The highest BCUT2D eigenvalue weighted by Crippen LogP contribution is 2.35. The van der Waals surface area contributed by atoms with Gasteiger partial charge in [0.2, 0.25) is 0 Å². The summed E-state index contributed by atoms with van der Waals surface area (Å²) >= 11 is 0. The molecule has 0 bridgehead atoms. The number of nitriles is 1. The van der Waals surface area contributed by atoms with Gasteiger partial charge in [-0.25, -0.2) is 0 Å². The summed E-state index contributed by atoms with van der Waals surface area (Å²) in [4.78, 5) is 0. The molecule has 1 aromatic carbocycles. The third-order valence-corrected chi connectivity index (χ3v) is 2.49. The Balaban J connectivity index is 3.49. The minimum absolute atomic E-state index is 0.247. The standard InChI is InChI=1S/C12H15NO/c1-8-5-6-9(2)11(14)10(8)12(3,4)7-13/h5-6,14H,1-4H3. The fourth-order valence-electron chi connectivity index (χ4n) is 1.64. The first-order valence-electron chi connectivity index (χ1n) is 4.61. The van der Waals surface area contributed by atoms with Gasteiger partial charge < -0.3 is 5.11 Å². The summed E-state index contributed by atoms with van der Waals surface area (Å²) in [6.07, 6.45) is 0. The van der Waals surface area contributed by atoms with E-state index in [1.807, 2.05) is 39.8 Å². The van der Waals surface area contributed by atoms with Gasteiger partial charge in [0, 0.05) is 5.56 Å². The molecule has 14 heavy (non-hydrogen) atoms. The van der Waals surface area contributed by atoms with E-state index in [-0.39, 0.29) is 5.75 Å². The lowest BCUT2D eigenvalue weighted by molar-refractivity contribution is 0.451. The van der Waals surface area contributed by atoms with Crippen molar-refractivity contribution in [3.8, 4) is 11.8 Å². The summed E-state index contributed by atoms with van der Waals surface area (Å²) in [5, 5.41) is 18.9. The number of benzene rings is 1. The Hall–Kier alpha value is -1.49. The van der Waals surface area contributed by atoms with Gasteiger partial charge in [-0.2, -0.15) is 5.26 Å². The number of aromatic hydroxyl groups is 1. The third-order valence-electron chi connectivity index (χ3n) is 2.49. The molecule has 0 aliphatic carbocycles. The van der Waals surface area contributed by atoms with Gasteiger partial charge in [0.25, 0.3) is 0 Å². The third kappa shape index (κ3) is 1.58. The number of phenols is 1. The molecule has 1 N–H and O–H groups in total. The first-order valence-corrected chi connectivity index (χ1v) is 4.61. The zero-order valence-electron chi connectivity index (χ0n) is 9.05. The second kappa shape index (κ2) is 3.34. The largest absolute Gasteiger partial charge is 0.507 e. The number of nitrogens with zero attached hydrogens (tertiary/aromatic N) is 1. The number of phenolic OH excluding ortho intramolecular Hbond substituents is 1. The molecule has 0 fully saturated rings. The molecule has 0 amide bonds. The second-order valence-corrected chi connectivity index (χ2v) is 4.16. The van der Waals surface area contributed by atoms with Gasteiger partial charge in [-0.15, -0.1) is 0 Å². The fourth-order valence-corrected chi connectivity index (χ4v) is 1.64. The lowest BCUT2D eigenvalue weighted by Crippen LogP contribution is -2.16. The molecule has 0 spiro atoms. The van der Waals surface area contributed by atoms with Crippen molar-refractivity contribution in [2.75, 3.05) is 0 Å². The Morgan fingerprint density at radius 3 is 2.21 bits per heavy atom. The molecular weight excluding hydrogens is 174 g/mol. The SMILES string of the molecule is Cc1ccc(C)c(C(C)(C)C#N)c1O. The maximum absolute atomic E-state index is 9.89. The van der Waals surface area contributed by atoms with Crippen LogP contribution in [-0.4, -0.2) is 5.11 Å². The van der Waals surface area contributed by atoms with E-state index >= 15 is 0 Å². The van der Waals surface area contributed by atoms with Crippen LogP contribution in [0.2, 0.25) is 0 Å². The average molecular weight is 189 g/mol. The van der Waals surface area contributed by atoms with Crippen molar-refractivity contribution in [1.82, 2.24) is 0 Å². The second-order valence-electron chi connectivity index (χ2n) is 4.16. The number of hydrogen-bond donors (Lipinski definition) is 1. The highest BCUT2D eigenvalue weighted by atomic mass is 16.3. The first-order chi connectivity index (χ1) is 6.40. The number of hydrogen-bond acceptors (Lipinski definition) is 2. The number of aryl methyl sites for hydroxylation is 2. The van der Waals surface area contributed by atoms with Gasteiger partial charge in [0.05, 0.1) is 11.5 Å². The Bertz CT molecular complexity index is 400. The highest BCUT2D eigenvalue weighted by Gasteiger charge is 2.26. The van der Waals surface area contributed by atoms with E-state index in [1.165, 1.54) is 0 Å². The Labute approximate surface area is 84.8 Å². The molecule has 0 saturated heterocycles. The van der Waals surface area contributed by atoms with Crippen molar-refractivity contribution < 1.29 is 5.11 Å². The Morgan fingerprint density at radius 2 is 1.71 bits per heavy atom. The van der Waals surface area contributed by atoms with Crippen LogP contribution in [0.4, 0.5) is 0 Å². The van der Waals surface area contributed by atoms with Crippen molar-refractivity contribution in [3.05, 3.63) is 28.8 Å². The van der Waals surface area contributed by atoms with E-state index in [1.54, 1.807) is 0 Å². The van der Waals surface area contributed by atoms with Gasteiger partial charge in [0.1, 0.15) is 5.75 Å². The van der Waals surface area contributed by atoms with Crippen LogP contribution in [0.3, 0.4) is 0 Å². The van der Waals surface area contributed by atoms with Crippen LogP contribution in [0, 0.1) is 25.2 Å². The fraction of sp³-hybridized carbons (Fsp3) is 0.417. The molecule has 0 unspecified atom stereocenters. The lowest BCUT2D eigenvalue weighted by Gasteiger charge is -2.21. The van der Waals surface area contributed by atoms with Crippen LogP contribution >= 0.6 is 0 Å². The van der Waals surface area contributed by atoms with Crippen molar-refractivity contribution in [2.45, 2.75) is 33.1 Å². The molecule has 0 radical (unpaired) electrons. The molecule has 0 aromatic heterocycles. The predicted molar refractivity (Wildman–Crippen MR) is 56.2 cm³/mol. The Morgan fingerprint density at radius 1 is 1.21 bits per heavy atom. The molecule has 2 heteroatoms. The van der Waals surface area contributed by atoms with Crippen LogP contribution in [0.5, 0.6) is 5.75 Å². The molecule has 0 atom stereocenters. The predicted octanol–water partition coefficient (Wildman–Crippen LogP) is 2.81. The zero-order valence-corrected chi connectivity index (χ0v) is 9.05. The molecule has 1 rings (SSSR count). The van der Waals surface area contributed by atoms with Crippen molar-refractivity contribution in [2.24, 2.45) is 0 Å². The smallest absolute Gasteiger partial charge is 0.123 e. The summed E-state index contributed by atoms with van der Waals surface area (Å²) in [6, 6.07) is 6.00. The molecule has 2 nitrogen and oxygen atoms in total. The van der Waals surface area contributed by atoms with Crippen molar-refractivity contribution in [1.29, 1.82) is 5.26 Å². The Kier molecular flexibility index (Phi) is 2.53. The van der Waals surface area contributed by atoms with E-state index in [0.29, 0.717) is 0 Å². The quantitative estimate of drug-likeness (QED) is 0.738. The summed E-state index contributed by atoms with van der Waals surface area (Å²) < 4.78 is 0. The first kappa shape index (κ1) is 10.6. The molecule has 74 valence electrons. The van der Waals surface area contributed by atoms with E-state index in [0.717, 1.165) is 16.7 Å². The van der Waals surface area contributed by atoms with Gasteiger partial charge in [-0.1, -0.05) is 12.1 Å². The molecule has 0 saturated carbocycles. The van der Waals surface area contributed by atoms with Crippen LogP contribution < -0.4 is 0 Å². The normalized spacial score (nSPS) is 11.1. The van der Waals surface area contributed by atoms with E-state index in [9.17, 15) is 5.11 Å².